The first-order valence-electron chi connectivity index (χ1n) is 11.9. The van der Waals surface area contributed by atoms with Gasteiger partial charge in [-0.25, -0.2) is 0 Å². The number of hydrogen-bond acceptors (Lipinski definition) is 4. The zero-order valence-corrected chi connectivity index (χ0v) is 20.1. The average molecular weight is 438 g/mol. The molecule has 0 bridgehead atoms. The minimum Gasteiger partial charge on any atom is -0.431 e. The lowest BCUT2D eigenvalue weighted by atomic mass is 9.47. The monoisotopic (exact) mass is 437 g/mol. The van der Waals surface area contributed by atoms with E-state index in [4.69, 9.17) is 4.74 Å². The number of esters is 1. The van der Waals surface area contributed by atoms with Crippen LogP contribution in [0.15, 0.2) is 52.5 Å². The van der Waals surface area contributed by atoms with Crippen LogP contribution in [0.4, 0.5) is 5.69 Å². The summed E-state index contributed by atoms with van der Waals surface area (Å²) in [5.41, 5.74) is 3.61. The smallest absolute Gasteiger partial charge is 0.314 e. The standard InChI is InChI=1S/C27H35NO2S/c1-17(2)18-10-12-20-19(16-18)11-13-23-26(20,3)14-7-15-27(23,4)24(29)30-25-28-21-8-5-6-9-22(21)31-25/h5-6,8-9,11,16-17,20,23,25,28H,7,10,12-15H2,1-4H3. The maximum absolute atomic E-state index is 13.6. The molecule has 1 N–H and O–H groups in total. The van der Waals surface area contributed by atoms with E-state index in [2.05, 4.69) is 51.2 Å². The predicted octanol–water partition coefficient (Wildman–Crippen LogP) is 7.17. The van der Waals surface area contributed by atoms with Crippen LogP contribution in [0.5, 0.6) is 0 Å². The number of carbonyl (C=O) groups excluding carboxylic acids is 1. The summed E-state index contributed by atoms with van der Waals surface area (Å²) in [4.78, 5) is 14.8. The maximum atomic E-state index is 13.6. The number of carbonyl (C=O) groups is 1. The number of anilines is 1. The largest absolute Gasteiger partial charge is 0.431 e. The van der Waals surface area contributed by atoms with Crippen molar-refractivity contribution in [1.82, 2.24) is 0 Å². The Morgan fingerprint density at radius 2 is 2.03 bits per heavy atom. The number of nitrogens with one attached hydrogen (secondary N) is 1. The number of ether oxygens (including phenoxy) is 1. The van der Waals surface area contributed by atoms with Crippen molar-refractivity contribution in [2.45, 2.75) is 76.7 Å². The van der Waals surface area contributed by atoms with E-state index >= 15 is 0 Å². The summed E-state index contributed by atoms with van der Waals surface area (Å²) in [6.45, 7) is 9.26. The van der Waals surface area contributed by atoms with E-state index in [0.717, 1.165) is 29.8 Å². The molecule has 0 amide bonds. The molecule has 3 aliphatic carbocycles. The third kappa shape index (κ3) is 3.46. The first-order chi connectivity index (χ1) is 14.8. The van der Waals surface area contributed by atoms with Gasteiger partial charge in [-0.15, -0.1) is 0 Å². The molecule has 0 saturated heterocycles. The third-order valence-electron chi connectivity index (χ3n) is 8.65. The molecule has 31 heavy (non-hydrogen) atoms. The summed E-state index contributed by atoms with van der Waals surface area (Å²) < 4.78 is 6.10. The van der Waals surface area contributed by atoms with Crippen LogP contribution >= 0.6 is 11.8 Å². The minimum atomic E-state index is -0.423. The van der Waals surface area contributed by atoms with Gasteiger partial charge < -0.3 is 10.1 Å². The molecule has 5 rings (SSSR count). The first kappa shape index (κ1) is 21.2. The molecule has 5 atom stereocenters. The quantitative estimate of drug-likeness (QED) is 0.509. The van der Waals surface area contributed by atoms with E-state index in [0.29, 0.717) is 17.8 Å². The van der Waals surface area contributed by atoms with Gasteiger partial charge in [0.1, 0.15) is 0 Å². The second-order valence-electron chi connectivity index (χ2n) is 10.7. The highest BCUT2D eigenvalue weighted by Gasteiger charge is 2.58. The van der Waals surface area contributed by atoms with Crippen LogP contribution in [0.2, 0.25) is 0 Å². The fourth-order valence-electron chi connectivity index (χ4n) is 6.83. The molecule has 1 heterocycles. The van der Waals surface area contributed by atoms with Crippen molar-refractivity contribution in [2.75, 3.05) is 5.32 Å². The third-order valence-corrected chi connectivity index (χ3v) is 9.69. The van der Waals surface area contributed by atoms with Crippen LogP contribution < -0.4 is 5.32 Å². The Kier molecular flexibility index (Phi) is 5.28. The van der Waals surface area contributed by atoms with Gasteiger partial charge in [0.15, 0.2) is 0 Å². The van der Waals surface area contributed by atoms with E-state index in [1.807, 2.05) is 18.2 Å². The topological polar surface area (TPSA) is 38.3 Å². The number of fused-ring (bicyclic) bond motifs is 4. The molecule has 1 aliphatic heterocycles. The Hall–Kier alpha value is -1.68. The summed E-state index contributed by atoms with van der Waals surface area (Å²) in [5, 5.41) is 3.36. The number of thioether (sulfide) groups is 1. The zero-order chi connectivity index (χ0) is 21.8. The second kappa shape index (κ2) is 7.72. The molecule has 3 nitrogen and oxygen atoms in total. The van der Waals surface area contributed by atoms with Crippen molar-refractivity contribution in [2.24, 2.45) is 28.6 Å². The molecule has 1 saturated carbocycles. The summed E-state index contributed by atoms with van der Waals surface area (Å²) in [5.74, 6) is 1.52. The highest BCUT2D eigenvalue weighted by Crippen LogP contribution is 2.62. The fraction of sp³-hybridized carbons (Fsp3) is 0.593. The van der Waals surface area contributed by atoms with E-state index in [9.17, 15) is 4.79 Å². The molecule has 5 unspecified atom stereocenters. The van der Waals surface area contributed by atoms with Gasteiger partial charge in [-0.1, -0.05) is 68.8 Å². The Balaban J connectivity index is 1.38. The van der Waals surface area contributed by atoms with E-state index in [1.165, 1.54) is 24.8 Å². The van der Waals surface area contributed by atoms with Gasteiger partial charge in [-0.3, -0.25) is 4.79 Å². The predicted molar refractivity (Wildman–Crippen MR) is 128 cm³/mol. The second-order valence-corrected chi connectivity index (χ2v) is 11.8. The lowest BCUT2D eigenvalue weighted by Crippen LogP contribution is -2.53. The average Bonchev–Trinajstić information content (AvgIpc) is 3.15. The molecule has 4 aliphatic rings. The van der Waals surface area contributed by atoms with Gasteiger partial charge >= 0.3 is 5.97 Å². The van der Waals surface area contributed by atoms with E-state index in [1.54, 1.807) is 17.3 Å². The van der Waals surface area contributed by atoms with Gasteiger partial charge in [0.05, 0.1) is 11.1 Å². The van der Waals surface area contributed by atoms with Crippen LogP contribution in [0.1, 0.15) is 66.2 Å². The van der Waals surface area contributed by atoms with Crippen LogP contribution in [0.3, 0.4) is 0 Å². The molecular formula is C27H35NO2S. The molecule has 1 aromatic rings. The number of benzene rings is 1. The molecule has 0 radical (unpaired) electrons. The van der Waals surface area contributed by atoms with Gasteiger partial charge in [-0.05, 0) is 79.9 Å². The van der Waals surface area contributed by atoms with Crippen molar-refractivity contribution in [3.05, 3.63) is 47.6 Å². The highest BCUT2D eigenvalue weighted by molar-refractivity contribution is 8.00. The molecular weight excluding hydrogens is 402 g/mol. The van der Waals surface area contributed by atoms with Crippen LogP contribution in [-0.2, 0) is 9.53 Å². The van der Waals surface area contributed by atoms with Crippen LogP contribution in [0.25, 0.3) is 0 Å². The summed E-state index contributed by atoms with van der Waals surface area (Å²) in [6.07, 6.45) is 11.6. The molecule has 4 heteroatoms. The van der Waals surface area contributed by atoms with Gasteiger partial charge in [-0.2, -0.15) is 0 Å². The Morgan fingerprint density at radius 3 is 2.81 bits per heavy atom. The number of rotatable bonds is 3. The zero-order valence-electron chi connectivity index (χ0n) is 19.2. The molecule has 1 fully saturated rings. The van der Waals surface area contributed by atoms with Crippen molar-refractivity contribution >= 4 is 23.4 Å². The summed E-state index contributed by atoms with van der Waals surface area (Å²) >= 11 is 1.60. The highest BCUT2D eigenvalue weighted by atomic mass is 32.2. The minimum absolute atomic E-state index is 0.0210. The summed E-state index contributed by atoms with van der Waals surface area (Å²) in [7, 11) is 0. The van der Waals surface area contributed by atoms with Gasteiger partial charge in [0, 0.05) is 4.90 Å². The lowest BCUT2D eigenvalue weighted by Gasteiger charge is -2.57. The van der Waals surface area contributed by atoms with Crippen LogP contribution in [0, 0.1) is 28.6 Å². The van der Waals surface area contributed by atoms with Crippen LogP contribution in [-0.4, -0.2) is 11.5 Å². The van der Waals surface area contributed by atoms with E-state index < -0.39 is 5.41 Å². The molecule has 0 aromatic heterocycles. The molecule has 0 spiro atoms. The Morgan fingerprint density at radius 1 is 1.23 bits per heavy atom. The Labute approximate surface area is 191 Å². The molecule has 1 aromatic carbocycles. The van der Waals surface area contributed by atoms with Crippen molar-refractivity contribution < 1.29 is 9.53 Å². The lowest BCUT2D eigenvalue weighted by molar-refractivity contribution is -0.170. The normalized spacial score (nSPS) is 36.5. The summed E-state index contributed by atoms with van der Waals surface area (Å²) in [6, 6.07) is 8.17. The number of para-hydroxylation sites is 1. The fourth-order valence-corrected chi connectivity index (χ4v) is 7.80. The van der Waals surface area contributed by atoms with Crippen molar-refractivity contribution in [3.63, 3.8) is 0 Å². The number of hydrogen-bond donors (Lipinski definition) is 1. The van der Waals surface area contributed by atoms with Crippen molar-refractivity contribution in [3.8, 4) is 0 Å². The van der Waals surface area contributed by atoms with E-state index in [-0.39, 0.29) is 16.9 Å². The number of allylic oxidation sites excluding steroid dienone is 4. The van der Waals surface area contributed by atoms with Crippen molar-refractivity contribution in [1.29, 1.82) is 0 Å². The SMILES string of the molecule is CC(C)C1=CC2=CCC3C(C)(C(=O)OC4Nc5ccccc5S4)CCCC3(C)C2CC1. The molecule has 166 valence electrons. The van der Waals surface area contributed by atoms with Gasteiger partial charge in [0.25, 0.3) is 0 Å². The first-order valence-corrected chi connectivity index (χ1v) is 12.8. The maximum Gasteiger partial charge on any atom is 0.314 e. The van der Waals surface area contributed by atoms with Gasteiger partial charge in [0.2, 0.25) is 5.56 Å². The Bertz CT molecular complexity index is 925.